The lowest BCUT2D eigenvalue weighted by atomic mass is 10.1. The summed E-state index contributed by atoms with van der Waals surface area (Å²) in [6.07, 6.45) is 0. The Morgan fingerprint density at radius 1 is 1.29 bits per heavy atom. The van der Waals surface area contributed by atoms with Crippen molar-refractivity contribution in [2.75, 3.05) is 26.8 Å². The van der Waals surface area contributed by atoms with Gasteiger partial charge in [-0.15, -0.1) is 0 Å². The lowest BCUT2D eigenvalue weighted by Crippen LogP contribution is -2.28. The van der Waals surface area contributed by atoms with Gasteiger partial charge >= 0.3 is 0 Å². The molecule has 0 spiro atoms. The van der Waals surface area contributed by atoms with Crippen LogP contribution in [0.3, 0.4) is 0 Å². The van der Waals surface area contributed by atoms with E-state index in [9.17, 15) is 8.42 Å². The molecule has 0 aliphatic rings. The van der Waals surface area contributed by atoms with Crippen LogP contribution in [0.15, 0.2) is 23.1 Å². The lowest BCUT2D eigenvalue weighted by molar-refractivity contribution is 0.114. The van der Waals surface area contributed by atoms with Crippen molar-refractivity contribution >= 4 is 10.0 Å². The molecule has 0 amide bonds. The van der Waals surface area contributed by atoms with E-state index in [1.165, 1.54) is 0 Å². The topological polar surface area (TPSA) is 67.4 Å². The Bertz CT molecular complexity index is 542. The molecule has 120 valence electrons. The predicted molar refractivity (Wildman–Crippen MR) is 84.8 cm³/mol. The van der Waals surface area contributed by atoms with Crippen LogP contribution in [-0.2, 0) is 21.3 Å². The second kappa shape index (κ2) is 8.48. The van der Waals surface area contributed by atoms with Crippen molar-refractivity contribution in [2.45, 2.75) is 32.2 Å². The summed E-state index contributed by atoms with van der Waals surface area (Å²) in [7, 11) is -1.64. The van der Waals surface area contributed by atoms with Crippen LogP contribution >= 0.6 is 0 Å². The second-order valence-electron chi connectivity index (χ2n) is 5.49. The van der Waals surface area contributed by atoms with Gasteiger partial charge in [0.15, 0.2) is 0 Å². The molecule has 0 aliphatic heterocycles. The van der Waals surface area contributed by atoms with E-state index < -0.39 is 10.0 Å². The molecular weight excluding hydrogens is 288 g/mol. The predicted octanol–water partition coefficient (Wildman–Crippen LogP) is 1.67. The Kier molecular flexibility index (Phi) is 7.31. The van der Waals surface area contributed by atoms with E-state index in [1.54, 1.807) is 12.1 Å². The average molecular weight is 314 g/mol. The monoisotopic (exact) mass is 314 g/mol. The van der Waals surface area contributed by atoms with Gasteiger partial charge in [-0.1, -0.05) is 19.9 Å². The third-order valence-electron chi connectivity index (χ3n) is 2.99. The van der Waals surface area contributed by atoms with Crippen LogP contribution in [0.5, 0.6) is 0 Å². The smallest absolute Gasteiger partial charge is 0.240 e. The minimum Gasteiger partial charge on any atom is -0.380 e. The van der Waals surface area contributed by atoms with Crippen molar-refractivity contribution < 1.29 is 13.2 Å². The molecule has 0 atom stereocenters. The Hall–Kier alpha value is -0.950. The summed E-state index contributed by atoms with van der Waals surface area (Å²) >= 11 is 0. The van der Waals surface area contributed by atoms with Gasteiger partial charge in [0, 0.05) is 19.7 Å². The first-order valence-electron chi connectivity index (χ1n) is 7.18. The van der Waals surface area contributed by atoms with E-state index in [2.05, 4.69) is 23.9 Å². The minimum absolute atomic E-state index is 0.282. The van der Waals surface area contributed by atoms with Crippen LogP contribution in [-0.4, -0.2) is 35.2 Å². The highest BCUT2D eigenvalue weighted by atomic mass is 32.2. The zero-order valence-corrected chi connectivity index (χ0v) is 14.1. The van der Waals surface area contributed by atoms with Gasteiger partial charge in [-0.25, -0.2) is 13.1 Å². The van der Waals surface area contributed by atoms with Gasteiger partial charge in [0.1, 0.15) is 0 Å². The molecule has 0 bridgehead atoms. The Balaban J connectivity index is 2.63. The third kappa shape index (κ3) is 6.13. The molecule has 1 rings (SSSR count). The summed E-state index contributed by atoms with van der Waals surface area (Å²) in [5.74, 6) is 0.447. The van der Waals surface area contributed by atoms with Gasteiger partial charge in [-0.3, -0.25) is 0 Å². The van der Waals surface area contributed by atoms with Gasteiger partial charge in [-0.2, -0.15) is 0 Å². The van der Waals surface area contributed by atoms with Crippen molar-refractivity contribution in [3.05, 3.63) is 29.3 Å². The molecule has 0 radical (unpaired) electrons. The van der Waals surface area contributed by atoms with Crippen LogP contribution in [0.1, 0.15) is 25.0 Å². The number of hydrogen-bond acceptors (Lipinski definition) is 4. The number of nitrogens with one attached hydrogen (secondary N) is 2. The molecule has 0 aromatic heterocycles. The third-order valence-corrected chi connectivity index (χ3v) is 4.45. The van der Waals surface area contributed by atoms with Gasteiger partial charge in [-0.05, 0) is 43.1 Å². The largest absolute Gasteiger partial charge is 0.380 e. The fraction of sp³-hybridized carbons (Fsp3) is 0.600. The number of aryl methyl sites for hydroxylation is 1. The SMILES string of the molecule is CNCc1cc(S(=O)(=O)NCCOCC(C)C)ccc1C. The van der Waals surface area contributed by atoms with Gasteiger partial charge < -0.3 is 10.1 Å². The average Bonchev–Trinajstić information content (AvgIpc) is 2.40. The Morgan fingerprint density at radius 2 is 2.00 bits per heavy atom. The molecule has 0 heterocycles. The lowest BCUT2D eigenvalue weighted by Gasteiger charge is -2.11. The van der Waals surface area contributed by atoms with E-state index in [-0.39, 0.29) is 6.54 Å². The zero-order chi connectivity index (χ0) is 15.9. The summed E-state index contributed by atoms with van der Waals surface area (Å²) in [5.41, 5.74) is 2.06. The van der Waals surface area contributed by atoms with E-state index in [0.717, 1.165) is 11.1 Å². The normalized spacial score (nSPS) is 12.0. The fourth-order valence-electron chi connectivity index (χ4n) is 1.85. The molecule has 0 saturated carbocycles. The number of ether oxygens (including phenoxy) is 1. The number of sulfonamides is 1. The van der Waals surface area contributed by atoms with Crippen molar-refractivity contribution in [1.82, 2.24) is 10.0 Å². The van der Waals surface area contributed by atoms with Crippen LogP contribution in [0.2, 0.25) is 0 Å². The maximum Gasteiger partial charge on any atom is 0.240 e. The first-order valence-corrected chi connectivity index (χ1v) is 8.66. The number of benzene rings is 1. The van der Waals surface area contributed by atoms with Crippen molar-refractivity contribution in [3.8, 4) is 0 Å². The highest BCUT2D eigenvalue weighted by molar-refractivity contribution is 7.89. The first kappa shape index (κ1) is 18.1. The summed E-state index contributed by atoms with van der Waals surface area (Å²) in [4.78, 5) is 0.294. The molecule has 0 fully saturated rings. The van der Waals surface area contributed by atoms with E-state index in [1.807, 2.05) is 20.0 Å². The Labute approximate surface area is 128 Å². The molecule has 0 aliphatic carbocycles. The van der Waals surface area contributed by atoms with Gasteiger partial charge in [0.05, 0.1) is 11.5 Å². The van der Waals surface area contributed by atoms with E-state index in [0.29, 0.717) is 30.6 Å². The summed E-state index contributed by atoms with van der Waals surface area (Å²) < 4.78 is 32.4. The van der Waals surface area contributed by atoms with Crippen LogP contribution in [0, 0.1) is 12.8 Å². The van der Waals surface area contributed by atoms with E-state index in [4.69, 9.17) is 4.74 Å². The number of rotatable bonds is 9. The van der Waals surface area contributed by atoms with Crippen LogP contribution in [0.25, 0.3) is 0 Å². The standard InChI is InChI=1S/C15H26N2O3S/c1-12(2)11-20-8-7-17-21(18,19)15-6-5-13(3)14(9-15)10-16-4/h5-6,9,12,16-17H,7-8,10-11H2,1-4H3. The molecule has 5 nitrogen and oxygen atoms in total. The quantitative estimate of drug-likeness (QED) is 0.680. The van der Waals surface area contributed by atoms with Crippen molar-refractivity contribution in [1.29, 1.82) is 0 Å². The first-order chi connectivity index (χ1) is 9.86. The van der Waals surface area contributed by atoms with Gasteiger partial charge in [0.25, 0.3) is 0 Å². The highest BCUT2D eigenvalue weighted by Crippen LogP contribution is 2.15. The minimum atomic E-state index is -3.48. The summed E-state index contributed by atoms with van der Waals surface area (Å²) in [5, 5.41) is 3.04. The molecule has 1 aromatic rings. The maximum atomic E-state index is 12.2. The highest BCUT2D eigenvalue weighted by Gasteiger charge is 2.14. The summed E-state index contributed by atoms with van der Waals surface area (Å²) in [6, 6.07) is 5.17. The molecule has 6 heteroatoms. The maximum absolute atomic E-state index is 12.2. The second-order valence-corrected chi connectivity index (χ2v) is 7.25. The van der Waals surface area contributed by atoms with E-state index >= 15 is 0 Å². The van der Waals surface area contributed by atoms with Crippen molar-refractivity contribution in [2.24, 2.45) is 5.92 Å². The molecule has 2 N–H and O–H groups in total. The Morgan fingerprint density at radius 3 is 2.62 bits per heavy atom. The molecule has 0 unspecified atom stereocenters. The van der Waals surface area contributed by atoms with Crippen molar-refractivity contribution in [3.63, 3.8) is 0 Å². The number of hydrogen-bond donors (Lipinski definition) is 2. The van der Waals surface area contributed by atoms with Crippen LogP contribution in [0.4, 0.5) is 0 Å². The van der Waals surface area contributed by atoms with Gasteiger partial charge in [0.2, 0.25) is 10.0 Å². The molecular formula is C15H26N2O3S. The fourth-order valence-corrected chi connectivity index (χ4v) is 2.91. The zero-order valence-electron chi connectivity index (χ0n) is 13.3. The molecule has 21 heavy (non-hydrogen) atoms. The van der Waals surface area contributed by atoms with Crippen LogP contribution < -0.4 is 10.0 Å². The molecule has 1 aromatic carbocycles. The summed E-state index contributed by atoms with van der Waals surface area (Å²) in [6.45, 7) is 8.03. The molecule has 0 saturated heterocycles.